The van der Waals surface area contributed by atoms with Crippen molar-refractivity contribution in [1.29, 1.82) is 0 Å². The maximum Gasteiger partial charge on any atom is 0.258 e. The molecule has 1 aliphatic rings. The van der Waals surface area contributed by atoms with Gasteiger partial charge in [0, 0.05) is 0 Å². The Morgan fingerprint density at radius 1 is 1.58 bits per heavy atom. The van der Waals surface area contributed by atoms with Gasteiger partial charge in [0.1, 0.15) is 5.82 Å². The molecule has 1 heterocycles. The van der Waals surface area contributed by atoms with E-state index in [1.165, 1.54) is 6.20 Å². The molecular formula is C10H17N5O3S. The smallest absolute Gasteiger partial charge is 0.258 e. The van der Waals surface area contributed by atoms with E-state index in [1.807, 2.05) is 0 Å². The normalized spacial score (nSPS) is 19.7. The summed E-state index contributed by atoms with van der Waals surface area (Å²) in [4.78, 5) is 6.52. The summed E-state index contributed by atoms with van der Waals surface area (Å²) in [6, 6.07) is 0. The van der Waals surface area contributed by atoms with Crippen LogP contribution < -0.4 is 10.5 Å². The summed E-state index contributed by atoms with van der Waals surface area (Å²) in [6.07, 6.45) is 3.90. The summed E-state index contributed by atoms with van der Waals surface area (Å²) in [5.41, 5.74) is 4.64. The summed E-state index contributed by atoms with van der Waals surface area (Å²) < 4.78 is 27.0. The third kappa shape index (κ3) is 2.56. The Hall–Kier alpha value is -1.61. The van der Waals surface area contributed by atoms with E-state index in [4.69, 9.17) is 10.9 Å². The number of nitrogens with zero attached hydrogens (tertiary/aromatic N) is 2. The summed E-state index contributed by atoms with van der Waals surface area (Å²) >= 11 is 0. The van der Waals surface area contributed by atoms with Crippen LogP contribution in [0.15, 0.2) is 16.4 Å². The van der Waals surface area contributed by atoms with Crippen molar-refractivity contribution in [2.24, 2.45) is 10.9 Å². The van der Waals surface area contributed by atoms with Gasteiger partial charge >= 0.3 is 0 Å². The number of aromatic amines is 1. The quantitative estimate of drug-likeness (QED) is 0.269. The SMILES string of the molecule is Cc1ncc(S(=O)(=O)NC2(C(N)=NO)CCCC2)[nH]1. The fourth-order valence-corrected chi connectivity index (χ4v) is 3.74. The number of aromatic nitrogens is 2. The highest BCUT2D eigenvalue weighted by molar-refractivity contribution is 7.89. The Labute approximate surface area is 111 Å². The highest BCUT2D eigenvalue weighted by atomic mass is 32.2. The lowest BCUT2D eigenvalue weighted by Crippen LogP contribution is -2.55. The van der Waals surface area contributed by atoms with Crippen LogP contribution in [0.25, 0.3) is 0 Å². The molecule has 0 radical (unpaired) electrons. The van der Waals surface area contributed by atoms with Crippen molar-refractivity contribution >= 4 is 15.9 Å². The maximum atomic E-state index is 12.3. The number of rotatable bonds is 4. The van der Waals surface area contributed by atoms with Crippen LogP contribution in [0.3, 0.4) is 0 Å². The van der Waals surface area contributed by atoms with E-state index in [0.717, 1.165) is 12.8 Å². The molecule has 0 atom stereocenters. The molecule has 1 aromatic rings. The minimum absolute atomic E-state index is 0.0259. The number of oxime groups is 1. The second-order valence-electron chi connectivity index (χ2n) is 4.71. The van der Waals surface area contributed by atoms with Gasteiger partial charge in [0.25, 0.3) is 10.0 Å². The van der Waals surface area contributed by atoms with Crippen molar-refractivity contribution < 1.29 is 13.6 Å². The first kappa shape index (κ1) is 13.8. The molecule has 0 aromatic carbocycles. The van der Waals surface area contributed by atoms with Gasteiger partial charge in [-0.1, -0.05) is 18.0 Å². The predicted molar refractivity (Wildman–Crippen MR) is 68.3 cm³/mol. The largest absolute Gasteiger partial charge is 0.409 e. The van der Waals surface area contributed by atoms with Crippen LogP contribution in [0.4, 0.5) is 0 Å². The summed E-state index contributed by atoms with van der Waals surface area (Å²) in [5.74, 6) is 0.398. The van der Waals surface area contributed by atoms with E-state index in [-0.39, 0.29) is 10.9 Å². The van der Waals surface area contributed by atoms with Crippen molar-refractivity contribution in [2.75, 3.05) is 0 Å². The molecule has 1 fully saturated rings. The van der Waals surface area contributed by atoms with Gasteiger partial charge in [-0.2, -0.15) is 4.72 Å². The number of H-pyrrole nitrogens is 1. The van der Waals surface area contributed by atoms with Gasteiger partial charge in [-0.15, -0.1) is 0 Å². The number of aryl methyl sites for hydroxylation is 1. The number of amidine groups is 1. The molecule has 8 nitrogen and oxygen atoms in total. The minimum Gasteiger partial charge on any atom is -0.409 e. The van der Waals surface area contributed by atoms with Gasteiger partial charge < -0.3 is 15.9 Å². The van der Waals surface area contributed by atoms with E-state index in [1.54, 1.807) is 6.92 Å². The van der Waals surface area contributed by atoms with Crippen LogP contribution in [-0.4, -0.2) is 35.0 Å². The Bertz CT molecular complexity index is 586. The molecule has 1 aromatic heterocycles. The molecule has 5 N–H and O–H groups in total. The molecule has 19 heavy (non-hydrogen) atoms. The van der Waals surface area contributed by atoms with Crippen molar-refractivity contribution in [2.45, 2.75) is 43.2 Å². The zero-order valence-electron chi connectivity index (χ0n) is 10.5. The molecule has 0 unspecified atom stereocenters. The molecule has 0 saturated heterocycles. The van der Waals surface area contributed by atoms with Crippen LogP contribution in [0, 0.1) is 6.92 Å². The molecule has 0 bridgehead atoms. The van der Waals surface area contributed by atoms with E-state index in [9.17, 15) is 8.42 Å². The fourth-order valence-electron chi connectivity index (χ4n) is 2.33. The molecule has 9 heteroatoms. The molecule has 2 rings (SSSR count). The van der Waals surface area contributed by atoms with Crippen molar-refractivity contribution in [3.8, 4) is 0 Å². The Morgan fingerprint density at radius 2 is 2.21 bits per heavy atom. The summed E-state index contributed by atoms with van der Waals surface area (Å²) in [6.45, 7) is 1.66. The topological polar surface area (TPSA) is 133 Å². The summed E-state index contributed by atoms with van der Waals surface area (Å²) in [7, 11) is -3.78. The van der Waals surface area contributed by atoms with Gasteiger partial charge in [0.15, 0.2) is 10.9 Å². The molecule has 1 saturated carbocycles. The molecule has 0 aliphatic heterocycles. The van der Waals surface area contributed by atoms with Gasteiger partial charge in [0.2, 0.25) is 0 Å². The molecule has 1 aliphatic carbocycles. The number of sulfonamides is 1. The monoisotopic (exact) mass is 287 g/mol. The fraction of sp³-hybridized carbons (Fsp3) is 0.600. The first-order valence-electron chi connectivity index (χ1n) is 5.93. The van der Waals surface area contributed by atoms with Gasteiger partial charge in [0.05, 0.1) is 11.7 Å². The molecule has 0 amide bonds. The van der Waals surface area contributed by atoms with Gasteiger partial charge in [-0.25, -0.2) is 13.4 Å². The number of nitrogens with two attached hydrogens (primary N) is 1. The van der Waals surface area contributed by atoms with E-state index < -0.39 is 15.6 Å². The second kappa shape index (κ2) is 4.82. The van der Waals surface area contributed by atoms with Gasteiger partial charge in [-0.05, 0) is 19.8 Å². The Balaban J connectivity index is 2.32. The van der Waals surface area contributed by atoms with Crippen LogP contribution in [0.2, 0.25) is 0 Å². The van der Waals surface area contributed by atoms with E-state index in [2.05, 4.69) is 19.8 Å². The lowest BCUT2D eigenvalue weighted by atomic mass is 9.98. The van der Waals surface area contributed by atoms with Gasteiger partial charge in [-0.3, -0.25) is 0 Å². The maximum absolute atomic E-state index is 12.3. The standard InChI is InChI=1S/C10H17N5O3S/c1-7-12-6-8(13-7)19(17,18)15-10(9(11)14-16)4-2-3-5-10/h6,15-16H,2-5H2,1H3,(H2,11,14)(H,12,13). The minimum atomic E-state index is -3.78. The average molecular weight is 287 g/mol. The number of imidazole rings is 1. The number of hydrogen-bond acceptors (Lipinski definition) is 5. The highest BCUT2D eigenvalue weighted by Crippen LogP contribution is 2.31. The predicted octanol–water partition coefficient (Wildman–Crippen LogP) is 0.0556. The third-order valence-corrected chi connectivity index (χ3v) is 4.80. The highest BCUT2D eigenvalue weighted by Gasteiger charge is 2.42. The van der Waals surface area contributed by atoms with Crippen LogP contribution in [-0.2, 0) is 10.0 Å². The Morgan fingerprint density at radius 3 is 2.68 bits per heavy atom. The van der Waals surface area contributed by atoms with Crippen molar-refractivity contribution in [3.63, 3.8) is 0 Å². The molecule has 0 spiro atoms. The second-order valence-corrected chi connectivity index (χ2v) is 6.36. The first-order chi connectivity index (χ1) is 8.89. The number of nitrogens with one attached hydrogen (secondary N) is 2. The van der Waals surface area contributed by atoms with E-state index >= 15 is 0 Å². The lowest BCUT2D eigenvalue weighted by Gasteiger charge is -2.27. The Kier molecular flexibility index (Phi) is 3.50. The van der Waals surface area contributed by atoms with Crippen LogP contribution >= 0.6 is 0 Å². The van der Waals surface area contributed by atoms with E-state index in [0.29, 0.717) is 18.7 Å². The number of hydrogen-bond donors (Lipinski definition) is 4. The first-order valence-corrected chi connectivity index (χ1v) is 7.41. The summed E-state index contributed by atoms with van der Waals surface area (Å²) in [5, 5.41) is 11.8. The molecule has 106 valence electrons. The van der Waals surface area contributed by atoms with Crippen molar-refractivity contribution in [3.05, 3.63) is 12.0 Å². The zero-order chi connectivity index (χ0) is 14.1. The third-order valence-electron chi connectivity index (χ3n) is 3.35. The van der Waals surface area contributed by atoms with Crippen molar-refractivity contribution in [1.82, 2.24) is 14.7 Å². The average Bonchev–Trinajstić information content (AvgIpc) is 2.98. The van der Waals surface area contributed by atoms with Crippen LogP contribution in [0.5, 0.6) is 0 Å². The zero-order valence-corrected chi connectivity index (χ0v) is 11.4. The molecular weight excluding hydrogens is 270 g/mol. The lowest BCUT2D eigenvalue weighted by molar-refractivity contribution is 0.309. The van der Waals surface area contributed by atoms with Crippen LogP contribution in [0.1, 0.15) is 31.5 Å².